The molecule has 2 N–H and O–H groups in total. The fraction of sp³-hybridized carbons (Fsp3) is 0.143. The van der Waals surface area contributed by atoms with Crippen LogP contribution in [0, 0.1) is 13.8 Å². The molecule has 0 aliphatic heterocycles. The number of anilines is 1. The van der Waals surface area contributed by atoms with E-state index in [9.17, 15) is 5.11 Å². The summed E-state index contributed by atoms with van der Waals surface area (Å²) in [4.78, 5) is 10.1. The minimum Gasteiger partial charge on any atom is -0.505 e. The van der Waals surface area contributed by atoms with Crippen LogP contribution in [0.2, 0.25) is 0 Å². The molecule has 0 saturated heterocycles. The quantitative estimate of drug-likeness (QED) is 0.523. The molecule has 0 radical (unpaired) electrons. The third-order valence-corrected chi connectivity index (χ3v) is 5.52. The van der Waals surface area contributed by atoms with Gasteiger partial charge in [-0.25, -0.2) is 9.97 Å². The number of rotatable bonds is 4. The molecule has 0 aliphatic rings. The lowest BCUT2D eigenvalue weighted by Crippen LogP contribution is -2.13. The highest BCUT2D eigenvalue weighted by molar-refractivity contribution is 7.10. The van der Waals surface area contributed by atoms with Gasteiger partial charge in [-0.2, -0.15) is 0 Å². The summed E-state index contributed by atoms with van der Waals surface area (Å²) in [6.07, 6.45) is 1.76. The summed E-state index contributed by atoms with van der Waals surface area (Å²) >= 11 is 1.67. The lowest BCUT2D eigenvalue weighted by molar-refractivity contribution is 0.472. The van der Waals surface area contributed by atoms with Crippen molar-refractivity contribution in [3.8, 4) is 5.75 Å². The minimum atomic E-state index is -0.198. The number of phenolic OH excluding ortho intramolecular Hbond substituents is 1. The Hall–Kier alpha value is -2.92. The van der Waals surface area contributed by atoms with Crippen molar-refractivity contribution >= 4 is 28.1 Å². The Kier molecular flexibility index (Phi) is 4.31. The molecule has 1 unspecified atom stereocenters. The molecule has 4 rings (SSSR count). The maximum atomic E-state index is 11.0. The van der Waals surface area contributed by atoms with Gasteiger partial charge in [0.2, 0.25) is 0 Å². The van der Waals surface area contributed by atoms with Gasteiger partial charge in [0.15, 0.2) is 0 Å². The van der Waals surface area contributed by atoms with Gasteiger partial charge in [0.1, 0.15) is 17.1 Å². The number of pyridine rings is 2. The van der Waals surface area contributed by atoms with Crippen molar-refractivity contribution in [1.29, 1.82) is 0 Å². The van der Waals surface area contributed by atoms with Gasteiger partial charge < -0.3 is 10.4 Å². The van der Waals surface area contributed by atoms with Crippen LogP contribution in [0.5, 0.6) is 5.75 Å². The number of nitrogens with one attached hydrogen (secondary N) is 1. The highest BCUT2D eigenvalue weighted by Crippen LogP contribution is 2.39. The molecule has 0 spiro atoms. The van der Waals surface area contributed by atoms with Crippen molar-refractivity contribution in [2.24, 2.45) is 0 Å². The first-order chi connectivity index (χ1) is 12.6. The average molecular weight is 361 g/mol. The summed E-state index contributed by atoms with van der Waals surface area (Å²) in [5.41, 5.74) is 3.49. The van der Waals surface area contributed by atoms with Gasteiger partial charge in [-0.15, -0.1) is 11.3 Å². The Balaban J connectivity index is 1.87. The van der Waals surface area contributed by atoms with Crippen molar-refractivity contribution < 1.29 is 5.11 Å². The van der Waals surface area contributed by atoms with Crippen molar-refractivity contribution in [2.75, 3.05) is 5.32 Å². The van der Waals surface area contributed by atoms with Crippen molar-refractivity contribution in [3.05, 3.63) is 81.8 Å². The molecule has 0 amide bonds. The van der Waals surface area contributed by atoms with E-state index in [0.717, 1.165) is 27.3 Å². The first-order valence-corrected chi connectivity index (χ1v) is 9.32. The maximum absolute atomic E-state index is 11.0. The highest BCUT2D eigenvalue weighted by atomic mass is 32.1. The van der Waals surface area contributed by atoms with Crippen LogP contribution >= 0.6 is 11.3 Å². The molecular weight excluding hydrogens is 342 g/mol. The van der Waals surface area contributed by atoms with Gasteiger partial charge in [-0.05, 0) is 49.1 Å². The fourth-order valence-electron chi connectivity index (χ4n) is 3.08. The second-order valence-corrected chi connectivity index (χ2v) is 7.24. The second kappa shape index (κ2) is 6.77. The number of thiophene rings is 1. The molecule has 0 saturated carbocycles. The number of benzene rings is 1. The van der Waals surface area contributed by atoms with Crippen LogP contribution in [0.4, 0.5) is 5.82 Å². The number of aryl methyl sites for hydroxylation is 2. The van der Waals surface area contributed by atoms with Crippen molar-refractivity contribution in [2.45, 2.75) is 19.9 Å². The third-order valence-electron chi connectivity index (χ3n) is 4.44. The zero-order chi connectivity index (χ0) is 18.1. The molecule has 3 aromatic heterocycles. The van der Waals surface area contributed by atoms with Gasteiger partial charge >= 0.3 is 0 Å². The smallest absolute Gasteiger partial charge is 0.147 e. The second-order valence-electron chi connectivity index (χ2n) is 6.29. The molecule has 4 nitrogen and oxygen atoms in total. The molecule has 4 aromatic rings. The molecule has 1 atom stereocenters. The van der Waals surface area contributed by atoms with Crippen LogP contribution in [0.1, 0.15) is 27.7 Å². The lowest BCUT2D eigenvalue weighted by atomic mass is 9.99. The maximum Gasteiger partial charge on any atom is 0.147 e. The highest BCUT2D eigenvalue weighted by Gasteiger charge is 2.22. The predicted molar refractivity (Wildman–Crippen MR) is 107 cm³/mol. The van der Waals surface area contributed by atoms with Gasteiger partial charge in [0.25, 0.3) is 0 Å². The molecule has 130 valence electrons. The number of aromatic hydroxyl groups is 1. The summed E-state index contributed by atoms with van der Waals surface area (Å²) < 4.78 is 0. The molecular formula is C21H19N3OS. The van der Waals surface area contributed by atoms with E-state index in [1.165, 1.54) is 5.56 Å². The van der Waals surface area contributed by atoms with Gasteiger partial charge in [0.05, 0.1) is 6.04 Å². The van der Waals surface area contributed by atoms with Crippen LogP contribution in [-0.4, -0.2) is 15.1 Å². The number of hydrogen-bond donors (Lipinski definition) is 2. The largest absolute Gasteiger partial charge is 0.505 e. The van der Waals surface area contributed by atoms with Gasteiger partial charge in [-0.3, -0.25) is 0 Å². The molecule has 3 heterocycles. The summed E-state index contributed by atoms with van der Waals surface area (Å²) in [7, 11) is 0. The Morgan fingerprint density at radius 1 is 1.04 bits per heavy atom. The molecule has 0 aliphatic carbocycles. The molecule has 1 aromatic carbocycles. The predicted octanol–water partition coefficient (Wildman–Crippen LogP) is 5.22. The summed E-state index contributed by atoms with van der Waals surface area (Å²) in [6, 6.07) is 15.6. The Morgan fingerprint density at radius 2 is 1.88 bits per heavy atom. The van der Waals surface area contributed by atoms with E-state index < -0.39 is 0 Å². The van der Waals surface area contributed by atoms with E-state index in [1.54, 1.807) is 17.5 Å². The number of hydrogen-bond acceptors (Lipinski definition) is 5. The zero-order valence-electron chi connectivity index (χ0n) is 14.6. The molecule has 0 fully saturated rings. The van der Waals surface area contributed by atoms with Crippen LogP contribution in [0.3, 0.4) is 0 Å². The van der Waals surface area contributed by atoms with E-state index in [-0.39, 0.29) is 11.8 Å². The van der Waals surface area contributed by atoms with Crippen LogP contribution < -0.4 is 5.32 Å². The lowest BCUT2D eigenvalue weighted by Gasteiger charge is -2.21. The first-order valence-electron chi connectivity index (χ1n) is 8.44. The van der Waals surface area contributed by atoms with E-state index in [2.05, 4.69) is 33.7 Å². The normalized spacial score (nSPS) is 12.2. The van der Waals surface area contributed by atoms with E-state index >= 15 is 0 Å². The standard InChI is InChI=1S/C21H19N3OS/c1-13-10-12-26-21(13)19(24-17-5-3-4-11-22-17)16-9-8-15-7-6-14(2)23-18(15)20(16)25/h3-12,19,25H,1-2H3,(H,22,24). The number of phenols is 1. The Labute approximate surface area is 156 Å². The topological polar surface area (TPSA) is 58.0 Å². The average Bonchev–Trinajstić information content (AvgIpc) is 3.08. The molecule has 5 heteroatoms. The molecule has 0 bridgehead atoms. The Morgan fingerprint density at radius 3 is 2.62 bits per heavy atom. The van der Waals surface area contributed by atoms with Crippen molar-refractivity contribution in [1.82, 2.24) is 9.97 Å². The zero-order valence-corrected chi connectivity index (χ0v) is 15.4. The fourth-order valence-corrected chi connectivity index (χ4v) is 4.08. The number of aromatic nitrogens is 2. The van der Waals surface area contributed by atoms with E-state index in [1.807, 2.05) is 49.4 Å². The van der Waals surface area contributed by atoms with E-state index in [4.69, 9.17) is 0 Å². The third kappa shape index (κ3) is 3.02. The number of fused-ring (bicyclic) bond motifs is 1. The Bertz CT molecular complexity index is 1060. The van der Waals surface area contributed by atoms with Crippen LogP contribution in [0.25, 0.3) is 10.9 Å². The summed E-state index contributed by atoms with van der Waals surface area (Å²) in [5.74, 6) is 0.981. The summed E-state index contributed by atoms with van der Waals surface area (Å²) in [5, 5.41) is 17.5. The minimum absolute atomic E-state index is 0.198. The van der Waals surface area contributed by atoms with Gasteiger partial charge in [-0.1, -0.05) is 24.3 Å². The SMILES string of the molecule is Cc1ccc2ccc(C(Nc3ccccn3)c3sccc3C)c(O)c2n1. The van der Waals surface area contributed by atoms with E-state index in [0.29, 0.717) is 5.52 Å². The number of nitrogens with zero attached hydrogens (tertiary/aromatic N) is 2. The van der Waals surface area contributed by atoms with Crippen LogP contribution in [0.15, 0.2) is 60.1 Å². The first kappa shape index (κ1) is 16.5. The van der Waals surface area contributed by atoms with Crippen molar-refractivity contribution in [3.63, 3.8) is 0 Å². The van der Waals surface area contributed by atoms with Gasteiger partial charge in [0, 0.05) is 27.7 Å². The van der Waals surface area contributed by atoms with Crippen LogP contribution in [-0.2, 0) is 0 Å². The summed E-state index contributed by atoms with van der Waals surface area (Å²) in [6.45, 7) is 4.01. The monoisotopic (exact) mass is 361 g/mol. The molecule has 26 heavy (non-hydrogen) atoms.